The zero-order valence-corrected chi connectivity index (χ0v) is 7.90. The molecule has 2 heterocycles. The maximum Gasteiger partial charge on any atom is 0.176 e. The maximum atomic E-state index is 11.5. The number of likely N-dealkylation sites (N-methyl/N-ethyl adjacent to an activating group) is 1. The first kappa shape index (κ1) is 8.90. The molecular formula is C10H11N3O. The molecule has 0 fully saturated rings. The molecule has 1 N–H and O–H groups in total. The van der Waals surface area contributed by atoms with Gasteiger partial charge in [0.05, 0.1) is 12.1 Å². The third-order valence-corrected chi connectivity index (χ3v) is 2.06. The second-order valence-corrected chi connectivity index (χ2v) is 3.07. The number of nitrogens with zero attached hydrogens (tertiary/aromatic N) is 2. The number of ketones is 1. The molecular weight excluding hydrogens is 178 g/mol. The van der Waals surface area contributed by atoms with Crippen molar-refractivity contribution in [1.82, 2.24) is 14.9 Å². The fourth-order valence-electron chi connectivity index (χ4n) is 1.36. The monoisotopic (exact) mass is 189 g/mol. The summed E-state index contributed by atoms with van der Waals surface area (Å²) in [5.41, 5.74) is 1.65. The highest BCUT2D eigenvalue weighted by atomic mass is 16.1. The van der Waals surface area contributed by atoms with E-state index in [4.69, 9.17) is 0 Å². The molecule has 72 valence electrons. The predicted octanol–water partition coefficient (Wildman–Crippen LogP) is 0.736. The van der Waals surface area contributed by atoms with Crippen LogP contribution in [0.3, 0.4) is 0 Å². The van der Waals surface area contributed by atoms with Crippen molar-refractivity contribution in [2.75, 3.05) is 13.6 Å². The Bertz CT molecular complexity index is 461. The summed E-state index contributed by atoms with van der Waals surface area (Å²) in [5.74, 6) is 0.0937. The van der Waals surface area contributed by atoms with Gasteiger partial charge in [-0.25, -0.2) is 4.52 Å². The summed E-state index contributed by atoms with van der Waals surface area (Å²) in [4.78, 5) is 11.5. The van der Waals surface area contributed by atoms with E-state index in [1.54, 1.807) is 30.0 Å². The first-order valence-corrected chi connectivity index (χ1v) is 4.42. The number of pyridine rings is 1. The Hall–Kier alpha value is -1.68. The first-order valence-electron chi connectivity index (χ1n) is 4.42. The van der Waals surface area contributed by atoms with Gasteiger partial charge in [0.15, 0.2) is 5.78 Å². The van der Waals surface area contributed by atoms with Gasteiger partial charge in [-0.05, 0) is 25.2 Å². The number of Topliss-reactive ketones (excluding diaryl/α,β-unsaturated/α-hetero) is 1. The third-order valence-electron chi connectivity index (χ3n) is 2.06. The molecule has 4 heteroatoms. The molecule has 0 aliphatic heterocycles. The lowest BCUT2D eigenvalue weighted by Gasteiger charge is -2.00. The number of rotatable bonds is 3. The summed E-state index contributed by atoms with van der Waals surface area (Å²) in [5, 5.41) is 6.89. The van der Waals surface area contributed by atoms with Gasteiger partial charge in [0.25, 0.3) is 0 Å². The minimum absolute atomic E-state index is 0.0937. The standard InChI is InChI=1S/C10H11N3O/c1-11-7-10(14)8-3-5-13-9(6-8)2-4-12-13/h2-6,11H,7H2,1H3. The molecule has 0 spiro atoms. The molecule has 0 aromatic carbocycles. The molecule has 14 heavy (non-hydrogen) atoms. The first-order chi connectivity index (χ1) is 6.81. The largest absolute Gasteiger partial charge is 0.313 e. The highest BCUT2D eigenvalue weighted by molar-refractivity contribution is 5.98. The number of carbonyl (C=O) groups is 1. The van der Waals surface area contributed by atoms with Crippen LogP contribution in [0, 0.1) is 0 Å². The number of carbonyl (C=O) groups excluding carboxylic acids is 1. The molecule has 0 saturated heterocycles. The molecule has 4 nitrogen and oxygen atoms in total. The van der Waals surface area contributed by atoms with E-state index < -0.39 is 0 Å². The highest BCUT2D eigenvalue weighted by Crippen LogP contribution is 2.06. The number of aromatic nitrogens is 2. The van der Waals surface area contributed by atoms with E-state index >= 15 is 0 Å². The number of hydrogen-bond acceptors (Lipinski definition) is 3. The number of hydrogen-bond donors (Lipinski definition) is 1. The second-order valence-electron chi connectivity index (χ2n) is 3.07. The molecule has 0 bridgehead atoms. The molecule has 0 amide bonds. The summed E-state index contributed by atoms with van der Waals surface area (Å²) >= 11 is 0. The lowest BCUT2D eigenvalue weighted by atomic mass is 10.1. The van der Waals surface area contributed by atoms with Crippen LogP contribution in [0.15, 0.2) is 30.6 Å². The number of fused-ring (bicyclic) bond motifs is 1. The average molecular weight is 189 g/mol. The molecule has 0 radical (unpaired) electrons. The molecule has 2 aromatic rings. The lowest BCUT2D eigenvalue weighted by Crippen LogP contribution is -2.18. The SMILES string of the molecule is CNCC(=O)c1ccn2nccc2c1. The van der Waals surface area contributed by atoms with Crippen LogP contribution < -0.4 is 5.32 Å². The van der Waals surface area contributed by atoms with Crippen molar-refractivity contribution in [3.63, 3.8) is 0 Å². The van der Waals surface area contributed by atoms with Crippen LogP contribution in [-0.4, -0.2) is 29.0 Å². The Morgan fingerprint density at radius 1 is 1.57 bits per heavy atom. The Morgan fingerprint density at radius 2 is 2.43 bits per heavy atom. The van der Waals surface area contributed by atoms with Crippen LogP contribution in [0.25, 0.3) is 5.52 Å². The molecule has 2 aromatic heterocycles. The Labute approximate surface area is 81.5 Å². The van der Waals surface area contributed by atoms with Crippen LogP contribution in [0.2, 0.25) is 0 Å². The fraction of sp³-hybridized carbons (Fsp3) is 0.200. The predicted molar refractivity (Wildman–Crippen MR) is 53.4 cm³/mol. The Balaban J connectivity index is 2.38. The van der Waals surface area contributed by atoms with Gasteiger partial charge in [-0.1, -0.05) is 0 Å². The summed E-state index contributed by atoms with van der Waals surface area (Å²) in [6.07, 6.45) is 3.50. The lowest BCUT2D eigenvalue weighted by molar-refractivity contribution is 0.0993. The van der Waals surface area contributed by atoms with Gasteiger partial charge in [0, 0.05) is 18.0 Å². The van der Waals surface area contributed by atoms with E-state index in [2.05, 4.69) is 10.4 Å². The zero-order valence-electron chi connectivity index (χ0n) is 7.90. The Morgan fingerprint density at radius 3 is 3.21 bits per heavy atom. The molecule has 0 aliphatic carbocycles. The van der Waals surface area contributed by atoms with Crippen molar-refractivity contribution in [2.24, 2.45) is 0 Å². The third kappa shape index (κ3) is 1.52. The van der Waals surface area contributed by atoms with Gasteiger partial charge in [-0.15, -0.1) is 0 Å². The van der Waals surface area contributed by atoms with Gasteiger partial charge >= 0.3 is 0 Å². The van der Waals surface area contributed by atoms with Crippen molar-refractivity contribution in [3.8, 4) is 0 Å². The smallest absolute Gasteiger partial charge is 0.176 e. The average Bonchev–Trinajstić information content (AvgIpc) is 2.64. The van der Waals surface area contributed by atoms with E-state index in [-0.39, 0.29) is 5.78 Å². The van der Waals surface area contributed by atoms with Crippen molar-refractivity contribution < 1.29 is 4.79 Å². The normalized spacial score (nSPS) is 10.6. The quantitative estimate of drug-likeness (QED) is 0.724. The number of nitrogens with one attached hydrogen (secondary N) is 1. The van der Waals surface area contributed by atoms with Gasteiger partial charge in [0.1, 0.15) is 0 Å². The van der Waals surface area contributed by atoms with Crippen LogP contribution in [0.1, 0.15) is 10.4 Å². The van der Waals surface area contributed by atoms with Crippen LogP contribution in [-0.2, 0) is 0 Å². The van der Waals surface area contributed by atoms with Gasteiger partial charge in [-0.2, -0.15) is 5.10 Å². The van der Waals surface area contributed by atoms with Crippen molar-refractivity contribution >= 4 is 11.3 Å². The van der Waals surface area contributed by atoms with Gasteiger partial charge in [0.2, 0.25) is 0 Å². The second kappa shape index (κ2) is 3.59. The molecule has 0 aliphatic rings. The van der Waals surface area contributed by atoms with Crippen molar-refractivity contribution in [1.29, 1.82) is 0 Å². The minimum atomic E-state index is 0.0937. The van der Waals surface area contributed by atoms with E-state index in [0.717, 1.165) is 5.52 Å². The zero-order chi connectivity index (χ0) is 9.97. The maximum absolute atomic E-state index is 11.5. The summed E-state index contributed by atoms with van der Waals surface area (Å²) in [6, 6.07) is 5.49. The van der Waals surface area contributed by atoms with Gasteiger partial charge in [-0.3, -0.25) is 4.79 Å². The van der Waals surface area contributed by atoms with E-state index in [1.165, 1.54) is 0 Å². The van der Waals surface area contributed by atoms with Gasteiger partial charge < -0.3 is 5.32 Å². The van der Waals surface area contributed by atoms with Crippen molar-refractivity contribution in [3.05, 3.63) is 36.2 Å². The van der Waals surface area contributed by atoms with Crippen LogP contribution in [0.5, 0.6) is 0 Å². The van der Waals surface area contributed by atoms with E-state index in [9.17, 15) is 4.79 Å². The van der Waals surface area contributed by atoms with Crippen LogP contribution >= 0.6 is 0 Å². The van der Waals surface area contributed by atoms with Crippen LogP contribution in [0.4, 0.5) is 0 Å². The topological polar surface area (TPSA) is 46.4 Å². The molecule has 0 unspecified atom stereocenters. The Kier molecular flexibility index (Phi) is 2.28. The van der Waals surface area contributed by atoms with E-state index in [1.807, 2.05) is 12.1 Å². The fourth-order valence-corrected chi connectivity index (χ4v) is 1.36. The van der Waals surface area contributed by atoms with Crippen molar-refractivity contribution in [2.45, 2.75) is 0 Å². The molecule has 2 rings (SSSR count). The molecule has 0 atom stereocenters. The van der Waals surface area contributed by atoms with E-state index in [0.29, 0.717) is 12.1 Å². The summed E-state index contributed by atoms with van der Waals surface area (Å²) in [6.45, 7) is 0.365. The molecule has 0 saturated carbocycles. The summed E-state index contributed by atoms with van der Waals surface area (Å²) in [7, 11) is 1.76. The summed E-state index contributed by atoms with van der Waals surface area (Å²) < 4.78 is 1.73. The minimum Gasteiger partial charge on any atom is -0.313 e. The highest BCUT2D eigenvalue weighted by Gasteiger charge is 2.04.